The molecule has 0 aromatic carbocycles. The molecular formula is C27H29N3O5. The molecule has 8 heteroatoms. The van der Waals surface area contributed by atoms with Gasteiger partial charge in [-0.15, -0.1) is 6.42 Å². The number of ether oxygens (including phenoxy) is 2. The van der Waals surface area contributed by atoms with Gasteiger partial charge in [0.2, 0.25) is 5.91 Å². The lowest BCUT2D eigenvalue weighted by Gasteiger charge is -2.36. The van der Waals surface area contributed by atoms with Crippen LogP contribution >= 0.6 is 0 Å². The van der Waals surface area contributed by atoms with Crippen LogP contribution in [0, 0.1) is 25.2 Å². The SMILES string of the molecule is C#CC1C[C@H]2[C@@H](OC(=O)c3ccnc(NC(C)=O)c3)CCC[C@H]2N1C(=O)OC.Cc1cc2ccc1-2. The van der Waals surface area contributed by atoms with Gasteiger partial charge in [0.15, 0.2) is 0 Å². The fourth-order valence-electron chi connectivity index (χ4n) is 5.12. The number of carbonyl (C=O) groups excluding carboxylic acids is 3. The molecule has 182 valence electrons. The number of rotatable bonds is 3. The zero-order valence-corrected chi connectivity index (χ0v) is 20.1. The maximum atomic E-state index is 12.7. The van der Waals surface area contributed by atoms with Crippen LogP contribution in [0.2, 0.25) is 0 Å². The number of anilines is 1. The third-order valence-electron chi connectivity index (χ3n) is 6.82. The number of benzene rings is 1. The van der Waals surface area contributed by atoms with Crippen LogP contribution in [0.3, 0.4) is 0 Å². The van der Waals surface area contributed by atoms with E-state index < -0.39 is 12.1 Å². The van der Waals surface area contributed by atoms with Crippen LogP contribution in [0.1, 0.15) is 48.5 Å². The summed E-state index contributed by atoms with van der Waals surface area (Å²) in [4.78, 5) is 41.6. The van der Waals surface area contributed by atoms with E-state index in [2.05, 4.69) is 41.3 Å². The van der Waals surface area contributed by atoms with E-state index in [-0.39, 0.29) is 35.8 Å². The third-order valence-corrected chi connectivity index (χ3v) is 6.82. The smallest absolute Gasteiger partial charge is 0.410 e. The van der Waals surface area contributed by atoms with E-state index in [4.69, 9.17) is 15.9 Å². The Morgan fingerprint density at radius 3 is 2.54 bits per heavy atom. The van der Waals surface area contributed by atoms with Gasteiger partial charge in [0.1, 0.15) is 11.9 Å². The molecule has 5 rings (SSSR count). The summed E-state index contributed by atoms with van der Waals surface area (Å²) in [5, 5.41) is 2.54. The van der Waals surface area contributed by atoms with E-state index in [1.807, 2.05) is 0 Å². The first-order valence-electron chi connectivity index (χ1n) is 11.7. The van der Waals surface area contributed by atoms with Gasteiger partial charge in [-0.2, -0.15) is 0 Å². The largest absolute Gasteiger partial charge is 0.458 e. The second-order valence-corrected chi connectivity index (χ2v) is 9.04. The van der Waals surface area contributed by atoms with Crippen molar-refractivity contribution >= 4 is 23.8 Å². The van der Waals surface area contributed by atoms with Crippen molar-refractivity contribution in [1.82, 2.24) is 9.88 Å². The Morgan fingerprint density at radius 2 is 2.00 bits per heavy atom. The molecule has 2 heterocycles. The molecule has 1 aromatic heterocycles. The van der Waals surface area contributed by atoms with Crippen molar-refractivity contribution in [2.45, 2.75) is 57.7 Å². The highest BCUT2D eigenvalue weighted by atomic mass is 16.5. The summed E-state index contributed by atoms with van der Waals surface area (Å²) in [6, 6.07) is 9.04. The molecule has 8 nitrogen and oxygen atoms in total. The van der Waals surface area contributed by atoms with Crippen molar-refractivity contribution in [1.29, 1.82) is 0 Å². The number of fused-ring (bicyclic) bond motifs is 2. The van der Waals surface area contributed by atoms with Gasteiger partial charge in [0.05, 0.1) is 18.7 Å². The topological polar surface area (TPSA) is 97.8 Å². The minimum absolute atomic E-state index is 0.0329. The van der Waals surface area contributed by atoms with Crippen LogP contribution in [0.5, 0.6) is 0 Å². The number of pyridine rings is 1. The molecule has 35 heavy (non-hydrogen) atoms. The number of hydrogen-bond donors (Lipinski definition) is 1. The molecule has 4 aliphatic rings. The Balaban J connectivity index is 0.000000347. The normalized spacial score (nSPS) is 23.1. The van der Waals surface area contributed by atoms with Gasteiger partial charge in [-0.25, -0.2) is 14.6 Å². The van der Waals surface area contributed by atoms with Gasteiger partial charge in [-0.3, -0.25) is 9.69 Å². The van der Waals surface area contributed by atoms with Crippen molar-refractivity contribution in [2.24, 2.45) is 5.92 Å². The second kappa shape index (κ2) is 10.2. The second-order valence-electron chi connectivity index (χ2n) is 9.04. The lowest BCUT2D eigenvalue weighted by molar-refractivity contribution is -0.114. The molecular weight excluding hydrogens is 446 g/mol. The van der Waals surface area contributed by atoms with Gasteiger partial charge in [0, 0.05) is 25.1 Å². The van der Waals surface area contributed by atoms with Crippen molar-refractivity contribution in [3.63, 3.8) is 0 Å². The number of nitrogens with zero attached hydrogens (tertiary/aromatic N) is 2. The predicted molar refractivity (Wildman–Crippen MR) is 131 cm³/mol. The van der Waals surface area contributed by atoms with Gasteiger partial charge < -0.3 is 14.8 Å². The zero-order valence-electron chi connectivity index (χ0n) is 20.1. The van der Waals surface area contributed by atoms with Crippen LogP contribution in [0.15, 0.2) is 36.5 Å². The molecule has 4 atom stereocenters. The van der Waals surface area contributed by atoms with Crippen LogP contribution < -0.4 is 5.32 Å². The standard InChI is InChI=1S/C20H23N3O5.C7H6/c1-4-14-11-15-16(23(14)20(26)27-3)6-5-7-17(15)28-19(25)13-8-9-21-18(10-13)22-12(2)24;1-5-4-6-2-3-7(5)6/h1,8-10,14-17H,5-7,11H2,2-3H3,(H,21,22,24);2-4H,1H3/t14?,15-,16-,17+;/m1./s1. The van der Waals surface area contributed by atoms with Gasteiger partial charge >= 0.3 is 12.1 Å². The average Bonchev–Trinajstić information content (AvgIpc) is 3.21. The maximum absolute atomic E-state index is 12.7. The molecule has 2 amide bonds. The van der Waals surface area contributed by atoms with E-state index in [0.717, 1.165) is 12.8 Å². The highest BCUT2D eigenvalue weighted by Crippen LogP contribution is 2.41. The zero-order chi connectivity index (χ0) is 25.1. The minimum atomic E-state index is -0.492. The fraction of sp³-hybridized carbons (Fsp3) is 0.407. The molecule has 0 spiro atoms. The molecule has 3 aliphatic carbocycles. The van der Waals surface area contributed by atoms with E-state index in [0.29, 0.717) is 18.4 Å². The summed E-state index contributed by atoms with van der Waals surface area (Å²) in [6.45, 7) is 3.51. The molecule has 1 saturated heterocycles. The first-order chi connectivity index (χ1) is 16.8. The minimum Gasteiger partial charge on any atom is -0.458 e. The number of terminal acetylenes is 1. The summed E-state index contributed by atoms with van der Waals surface area (Å²) < 4.78 is 10.7. The fourth-order valence-corrected chi connectivity index (χ4v) is 5.12. The van der Waals surface area contributed by atoms with Crippen LogP contribution in [0.25, 0.3) is 11.1 Å². The molecule has 0 radical (unpaired) electrons. The monoisotopic (exact) mass is 475 g/mol. The van der Waals surface area contributed by atoms with Gasteiger partial charge in [-0.1, -0.05) is 24.1 Å². The summed E-state index contributed by atoms with van der Waals surface area (Å²) in [5.74, 6) is 2.14. The quantitative estimate of drug-likeness (QED) is 0.451. The van der Waals surface area contributed by atoms with Crippen LogP contribution in [-0.2, 0) is 14.3 Å². The first-order valence-corrected chi connectivity index (χ1v) is 11.7. The Morgan fingerprint density at radius 1 is 1.20 bits per heavy atom. The maximum Gasteiger partial charge on any atom is 0.410 e. The molecule has 1 N–H and O–H groups in total. The molecule has 1 unspecified atom stereocenters. The van der Waals surface area contributed by atoms with E-state index >= 15 is 0 Å². The molecule has 1 aromatic rings. The van der Waals surface area contributed by atoms with Gasteiger partial charge in [-0.05, 0) is 61.4 Å². The number of methoxy groups -OCH3 is 1. The summed E-state index contributed by atoms with van der Waals surface area (Å²) in [6.07, 6.45) is 9.17. The highest BCUT2D eigenvalue weighted by Gasteiger charge is 2.49. The summed E-state index contributed by atoms with van der Waals surface area (Å²) in [7, 11) is 1.33. The Labute approximate surface area is 205 Å². The number of nitrogens with one attached hydrogen (secondary N) is 1. The Kier molecular flexibility index (Phi) is 7.06. The van der Waals surface area contributed by atoms with E-state index in [1.54, 1.807) is 4.90 Å². The molecule has 1 aliphatic heterocycles. The lowest BCUT2D eigenvalue weighted by Crippen LogP contribution is -2.46. The number of esters is 1. The Hall–Kier alpha value is -3.86. The number of carbonyl (C=O) groups is 3. The molecule has 1 saturated carbocycles. The van der Waals surface area contributed by atoms with Crippen LogP contribution in [0.4, 0.5) is 10.6 Å². The number of likely N-dealkylation sites (tertiary alicyclic amines) is 1. The van der Waals surface area contributed by atoms with Crippen molar-refractivity contribution in [2.75, 3.05) is 12.4 Å². The highest BCUT2D eigenvalue weighted by molar-refractivity contribution is 5.92. The number of aromatic nitrogens is 1. The average molecular weight is 476 g/mol. The number of aryl methyl sites for hydroxylation is 1. The number of hydrogen-bond acceptors (Lipinski definition) is 6. The van der Waals surface area contributed by atoms with Crippen LogP contribution in [-0.4, -0.2) is 53.2 Å². The van der Waals surface area contributed by atoms with Crippen molar-refractivity contribution in [3.05, 3.63) is 47.7 Å². The van der Waals surface area contributed by atoms with E-state index in [9.17, 15) is 14.4 Å². The van der Waals surface area contributed by atoms with E-state index in [1.165, 1.54) is 49.1 Å². The van der Waals surface area contributed by atoms with Gasteiger partial charge in [0.25, 0.3) is 0 Å². The predicted octanol–water partition coefficient (Wildman–Crippen LogP) is 4.18. The van der Waals surface area contributed by atoms with Crippen molar-refractivity contribution in [3.8, 4) is 23.5 Å². The lowest BCUT2D eigenvalue weighted by atomic mass is 9.82. The molecule has 0 bridgehead atoms. The van der Waals surface area contributed by atoms with Crippen molar-refractivity contribution < 1.29 is 23.9 Å². The first kappa shape index (κ1) is 24.3. The summed E-state index contributed by atoms with van der Waals surface area (Å²) >= 11 is 0. The molecule has 2 fully saturated rings. The third kappa shape index (κ3) is 4.99. The Bertz CT molecular complexity index is 1190. The number of amides is 2. The summed E-state index contributed by atoms with van der Waals surface area (Å²) in [5.41, 5.74) is 4.66.